The lowest BCUT2D eigenvalue weighted by Crippen LogP contribution is -2.36. The molecule has 1 aromatic rings. The lowest BCUT2D eigenvalue weighted by atomic mass is 9.85. The predicted molar refractivity (Wildman–Crippen MR) is 76.0 cm³/mol. The molecule has 0 aliphatic heterocycles. The zero-order valence-electron chi connectivity index (χ0n) is 11.3. The van der Waals surface area contributed by atoms with Crippen molar-refractivity contribution in [2.45, 2.75) is 45.8 Å². The summed E-state index contributed by atoms with van der Waals surface area (Å²) >= 11 is 6.09. The third-order valence-corrected chi connectivity index (χ3v) is 4.11. The second kappa shape index (κ2) is 5.20. The summed E-state index contributed by atoms with van der Waals surface area (Å²) in [5.74, 6) is 0. The first-order valence-electron chi connectivity index (χ1n) is 6.64. The van der Waals surface area contributed by atoms with Crippen molar-refractivity contribution >= 4 is 11.6 Å². The van der Waals surface area contributed by atoms with Crippen LogP contribution < -0.4 is 5.32 Å². The minimum atomic E-state index is -0.274. The van der Waals surface area contributed by atoms with Crippen LogP contribution in [0.25, 0.3) is 0 Å². The van der Waals surface area contributed by atoms with E-state index in [0.717, 1.165) is 17.9 Å². The fourth-order valence-corrected chi connectivity index (χ4v) is 2.97. The van der Waals surface area contributed by atoms with Gasteiger partial charge in [-0.25, -0.2) is 0 Å². The van der Waals surface area contributed by atoms with Gasteiger partial charge in [0.1, 0.15) is 0 Å². The molecule has 18 heavy (non-hydrogen) atoms. The number of benzene rings is 1. The molecule has 0 spiro atoms. The van der Waals surface area contributed by atoms with Gasteiger partial charge in [-0.3, -0.25) is 0 Å². The molecule has 0 fully saturated rings. The number of nitrogens with one attached hydrogen (secondary N) is 1. The first-order valence-corrected chi connectivity index (χ1v) is 7.01. The van der Waals surface area contributed by atoms with Gasteiger partial charge >= 0.3 is 0 Å². The zero-order chi connectivity index (χ0) is 13.3. The number of halogens is 1. The molecule has 0 amide bonds. The molecule has 2 atom stereocenters. The first kappa shape index (κ1) is 13.9. The third-order valence-electron chi connectivity index (χ3n) is 3.88. The SMILES string of the molecule is CCC(O)CNC1c2cc(Cl)ccc2CC1(C)C. The van der Waals surface area contributed by atoms with E-state index in [4.69, 9.17) is 11.6 Å². The fraction of sp³-hybridized carbons (Fsp3) is 0.600. The summed E-state index contributed by atoms with van der Waals surface area (Å²) in [4.78, 5) is 0. The van der Waals surface area contributed by atoms with E-state index in [2.05, 4.69) is 31.3 Å². The third kappa shape index (κ3) is 2.71. The van der Waals surface area contributed by atoms with E-state index in [-0.39, 0.29) is 17.6 Å². The molecular formula is C15H22ClNO. The maximum atomic E-state index is 9.70. The molecule has 2 nitrogen and oxygen atoms in total. The van der Waals surface area contributed by atoms with Crippen molar-refractivity contribution < 1.29 is 5.11 Å². The molecule has 1 aromatic carbocycles. The quantitative estimate of drug-likeness (QED) is 0.877. The summed E-state index contributed by atoms with van der Waals surface area (Å²) in [6, 6.07) is 6.41. The first-order chi connectivity index (χ1) is 8.44. The lowest BCUT2D eigenvalue weighted by molar-refractivity contribution is 0.150. The van der Waals surface area contributed by atoms with Crippen LogP contribution in [0.3, 0.4) is 0 Å². The standard InChI is InChI=1S/C15H22ClNO/c1-4-12(18)9-17-14-13-7-11(16)6-5-10(13)8-15(14,2)3/h5-7,12,14,17-18H,4,8-9H2,1-3H3. The van der Waals surface area contributed by atoms with Crippen LogP contribution in [0.4, 0.5) is 0 Å². The normalized spacial score (nSPS) is 22.8. The molecule has 0 aromatic heterocycles. The second-order valence-electron chi connectivity index (χ2n) is 5.91. The molecule has 1 aliphatic rings. The van der Waals surface area contributed by atoms with Gasteiger partial charge < -0.3 is 10.4 Å². The van der Waals surface area contributed by atoms with Gasteiger partial charge in [-0.2, -0.15) is 0 Å². The zero-order valence-corrected chi connectivity index (χ0v) is 12.1. The van der Waals surface area contributed by atoms with Gasteiger partial charge in [-0.05, 0) is 41.5 Å². The summed E-state index contributed by atoms with van der Waals surface area (Å²) in [7, 11) is 0. The molecular weight excluding hydrogens is 246 g/mol. The van der Waals surface area contributed by atoms with E-state index >= 15 is 0 Å². The van der Waals surface area contributed by atoms with Crippen molar-refractivity contribution in [3.05, 3.63) is 34.3 Å². The summed E-state index contributed by atoms with van der Waals surface area (Å²) < 4.78 is 0. The maximum Gasteiger partial charge on any atom is 0.0662 e. The van der Waals surface area contributed by atoms with Crippen molar-refractivity contribution in [3.63, 3.8) is 0 Å². The Morgan fingerprint density at radius 3 is 2.89 bits per heavy atom. The smallest absolute Gasteiger partial charge is 0.0662 e. The fourth-order valence-electron chi connectivity index (χ4n) is 2.79. The lowest BCUT2D eigenvalue weighted by Gasteiger charge is -2.29. The molecule has 3 heteroatoms. The van der Waals surface area contributed by atoms with Gasteiger partial charge in [0.2, 0.25) is 0 Å². The Morgan fingerprint density at radius 2 is 2.22 bits per heavy atom. The Bertz CT molecular complexity index is 431. The van der Waals surface area contributed by atoms with Crippen LogP contribution in [0.15, 0.2) is 18.2 Å². The van der Waals surface area contributed by atoms with E-state index < -0.39 is 0 Å². The number of aliphatic hydroxyl groups is 1. The minimum Gasteiger partial charge on any atom is -0.392 e. The number of hydrogen-bond donors (Lipinski definition) is 2. The number of fused-ring (bicyclic) bond motifs is 1. The Balaban J connectivity index is 2.20. The molecule has 0 heterocycles. The van der Waals surface area contributed by atoms with E-state index in [1.807, 2.05) is 13.0 Å². The maximum absolute atomic E-state index is 9.70. The van der Waals surface area contributed by atoms with Crippen molar-refractivity contribution in [2.24, 2.45) is 5.41 Å². The summed E-state index contributed by atoms with van der Waals surface area (Å²) in [6.07, 6.45) is 1.56. The van der Waals surface area contributed by atoms with E-state index in [1.54, 1.807) is 0 Å². The Hall–Kier alpha value is -0.570. The molecule has 0 saturated carbocycles. The van der Waals surface area contributed by atoms with Crippen LogP contribution in [0, 0.1) is 5.41 Å². The Kier molecular flexibility index (Phi) is 4.00. The summed E-state index contributed by atoms with van der Waals surface area (Å²) in [6.45, 7) is 7.15. The van der Waals surface area contributed by atoms with E-state index in [9.17, 15) is 5.11 Å². The van der Waals surface area contributed by atoms with Crippen molar-refractivity contribution in [2.75, 3.05) is 6.54 Å². The minimum absolute atomic E-state index is 0.167. The van der Waals surface area contributed by atoms with Gasteiger partial charge in [-0.1, -0.05) is 38.4 Å². The van der Waals surface area contributed by atoms with E-state index in [0.29, 0.717) is 6.54 Å². The van der Waals surface area contributed by atoms with Crippen LogP contribution >= 0.6 is 11.6 Å². The van der Waals surface area contributed by atoms with Gasteiger partial charge in [0.15, 0.2) is 0 Å². The largest absolute Gasteiger partial charge is 0.392 e. The highest BCUT2D eigenvalue weighted by atomic mass is 35.5. The molecule has 0 bridgehead atoms. The Morgan fingerprint density at radius 1 is 1.50 bits per heavy atom. The Labute approximate surface area is 114 Å². The molecule has 0 saturated heterocycles. The van der Waals surface area contributed by atoms with Gasteiger partial charge in [0.05, 0.1) is 6.10 Å². The number of aliphatic hydroxyl groups excluding tert-OH is 1. The average molecular weight is 268 g/mol. The van der Waals surface area contributed by atoms with Crippen molar-refractivity contribution in [1.29, 1.82) is 0 Å². The van der Waals surface area contributed by atoms with Crippen molar-refractivity contribution in [3.8, 4) is 0 Å². The highest BCUT2D eigenvalue weighted by Gasteiger charge is 2.38. The molecule has 100 valence electrons. The molecule has 2 unspecified atom stereocenters. The molecule has 2 rings (SSSR count). The van der Waals surface area contributed by atoms with Crippen LogP contribution in [0.1, 0.15) is 44.4 Å². The number of rotatable bonds is 4. The predicted octanol–water partition coefficient (Wildman–Crippen LogP) is 3.32. The average Bonchev–Trinajstić information content (AvgIpc) is 2.56. The topological polar surface area (TPSA) is 32.3 Å². The highest BCUT2D eigenvalue weighted by molar-refractivity contribution is 6.30. The second-order valence-corrected chi connectivity index (χ2v) is 6.35. The van der Waals surface area contributed by atoms with E-state index in [1.165, 1.54) is 11.1 Å². The number of hydrogen-bond acceptors (Lipinski definition) is 2. The van der Waals surface area contributed by atoms with Crippen LogP contribution in [0.5, 0.6) is 0 Å². The van der Waals surface area contributed by atoms with Gasteiger partial charge in [0, 0.05) is 17.6 Å². The monoisotopic (exact) mass is 267 g/mol. The van der Waals surface area contributed by atoms with Crippen molar-refractivity contribution in [1.82, 2.24) is 5.32 Å². The molecule has 1 aliphatic carbocycles. The van der Waals surface area contributed by atoms with Crippen LogP contribution in [0.2, 0.25) is 5.02 Å². The van der Waals surface area contributed by atoms with Crippen LogP contribution in [-0.4, -0.2) is 17.8 Å². The molecule has 0 radical (unpaired) electrons. The summed E-state index contributed by atoms with van der Waals surface area (Å²) in [5, 5.41) is 14.0. The molecule has 2 N–H and O–H groups in total. The van der Waals surface area contributed by atoms with Gasteiger partial charge in [-0.15, -0.1) is 0 Å². The highest BCUT2D eigenvalue weighted by Crippen LogP contribution is 2.45. The summed E-state index contributed by atoms with van der Waals surface area (Å²) in [5.41, 5.74) is 2.82. The van der Waals surface area contributed by atoms with Gasteiger partial charge in [0.25, 0.3) is 0 Å². The van der Waals surface area contributed by atoms with Crippen LogP contribution in [-0.2, 0) is 6.42 Å².